The Labute approximate surface area is 112 Å². The molecule has 0 saturated carbocycles. The first-order valence-electron chi connectivity index (χ1n) is 7.20. The van der Waals surface area contributed by atoms with Gasteiger partial charge in [-0.15, -0.1) is 8.58 Å². The molecule has 17 heavy (non-hydrogen) atoms. The Hall–Kier alpha value is 0.430. The lowest BCUT2D eigenvalue weighted by Crippen LogP contribution is -2.14. The van der Waals surface area contributed by atoms with E-state index in [0.717, 1.165) is 20.4 Å². The van der Waals surface area contributed by atoms with Crippen LogP contribution in [-0.4, -0.2) is 12.3 Å². The molecule has 0 aromatic rings. The predicted octanol–water partition coefficient (Wildman–Crippen LogP) is 5.81. The average molecular weight is 258 g/mol. The Bertz CT molecular complexity index is 173. The summed E-state index contributed by atoms with van der Waals surface area (Å²) in [4.78, 5) is 0. The van der Waals surface area contributed by atoms with E-state index in [1.807, 2.05) is 0 Å². The minimum absolute atomic E-state index is 0.501. The summed E-state index contributed by atoms with van der Waals surface area (Å²) in [5.41, 5.74) is 1.00. The summed E-state index contributed by atoms with van der Waals surface area (Å²) < 4.78 is 0. The van der Waals surface area contributed by atoms with E-state index in [1.54, 1.807) is 0 Å². The van der Waals surface area contributed by atoms with Crippen molar-refractivity contribution in [3.63, 3.8) is 0 Å². The molecule has 0 heterocycles. The van der Waals surface area contributed by atoms with Gasteiger partial charge in [0.1, 0.15) is 0 Å². The van der Waals surface area contributed by atoms with E-state index in [-0.39, 0.29) is 0 Å². The van der Waals surface area contributed by atoms with Crippen LogP contribution in [0.3, 0.4) is 0 Å². The molecule has 1 heteroatoms. The van der Waals surface area contributed by atoms with Crippen molar-refractivity contribution in [3.8, 4) is 0 Å². The molecular formula is C16H35P. The highest BCUT2D eigenvalue weighted by Gasteiger charge is 2.17. The van der Waals surface area contributed by atoms with Crippen molar-refractivity contribution < 1.29 is 0 Å². The highest BCUT2D eigenvalue weighted by molar-refractivity contribution is 7.37. The van der Waals surface area contributed by atoms with Crippen LogP contribution in [0.25, 0.3) is 0 Å². The second kappa shape index (κ2) is 7.13. The molecule has 0 spiro atoms. The standard InChI is InChI=1S/C16H35P/c1-13(9-15(3,4)5)11-17-12-14(2)10-16(6,7)8/h13-14,17H,9-12H2,1-8H3. The van der Waals surface area contributed by atoms with Crippen molar-refractivity contribution in [1.82, 2.24) is 0 Å². The average Bonchev–Trinajstić information content (AvgIpc) is 1.95. The molecule has 0 radical (unpaired) electrons. The lowest BCUT2D eigenvalue weighted by atomic mass is 9.86. The second-order valence-electron chi connectivity index (χ2n) is 8.40. The lowest BCUT2D eigenvalue weighted by Gasteiger charge is -2.25. The van der Waals surface area contributed by atoms with Crippen LogP contribution in [-0.2, 0) is 0 Å². The number of rotatable bonds is 6. The summed E-state index contributed by atoms with van der Waals surface area (Å²) >= 11 is 0. The zero-order chi connectivity index (χ0) is 13.7. The number of hydrogen-bond donors (Lipinski definition) is 0. The molecule has 2 atom stereocenters. The third-order valence-corrected chi connectivity index (χ3v) is 4.88. The molecule has 0 rings (SSSR count). The first kappa shape index (κ1) is 17.4. The fourth-order valence-corrected chi connectivity index (χ4v) is 4.25. The van der Waals surface area contributed by atoms with E-state index in [1.165, 1.54) is 25.2 Å². The molecule has 0 N–H and O–H groups in total. The van der Waals surface area contributed by atoms with Gasteiger partial charge in [-0.2, -0.15) is 0 Å². The maximum Gasteiger partial charge on any atom is -0.0327 e. The number of hydrogen-bond acceptors (Lipinski definition) is 0. The zero-order valence-electron chi connectivity index (χ0n) is 13.5. The van der Waals surface area contributed by atoms with Crippen LogP contribution in [0.1, 0.15) is 68.2 Å². The van der Waals surface area contributed by atoms with Crippen molar-refractivity contribution in [2.45, 2.75) is 68.2 Å². The topological polar surface area (TPSA) is 0 Å². The molecule has 0 aliphatic rings. The molecule has 0 aromatic carbocycles. The van der Waals surface area contributed by atoms with Gasteiger partial charge in [-0.25, -0.2) is 0 Å². The van der Waals surface area contributed by atoms with Crippen LogP contribution >= 0.6 is 8.58 Å². The van der Waals surface area contributed by atoms with Gasteiger partial charge in [0.25, 0.3) is 0 Å². The third-order valence-electron chi connectivity index (χ3n) is 2.91. The molecular weight excluding hydrogens is 223 g/mol. The fourth-order valence-electron chi connectivity index (χ4n) is 2.81. The first-order chi connectivity index (χ1) is 7.49. The van der Waals surface area contributed by atoms with Crippen molar-refractivity contribution in [1.29, 1.82) is 0 Å². The summed E-state index contributed by atoms with van der Waals surface area (Å²) in [5, 5.41) is 0. The Balaban J connectivity index is 3.70. The van der Waals surface area contributed by atoms with E-state index < -0.39 is 0 Å². The summed E-state index contributed by atoms with van der Waals surface area (Å²) in [7, 11) is 1.16. The van der Waals surface area contributed by atoms with E-state index in [2.05, 4.69) is 55.4 Å². The van der Waals surface area contributed by atoms with Gasteiger partial charge in [0, 0.05) is 0 Å². The smallest absolute Gasteiger partial charge is 0.0327 e. The van der Waals surface area contributed by atoms with E-state index in [9.17, 15) is 0 Å². The largest absolute Gasteiger partial charge is 0.122 e. The highest BCUT2D eigenvalue weighted by Crippen LogP contribution is 2.31. The molecule has 104 valence electrons. The lowest BCUT2D eigenvalue weighted by molar-refractivity contribution is 0.319. The molecule has 0 aromatic heterocycles. The molecule has 0 aliphatic carbocycles. The summed E-state index contributed by atoms with van der Waals surface area (Å²) in [6.45, 7) is 19.0. The minimum atomic E-state index is 0.501. The van der Waals surface area contributed by atoms with Gasteiger partial charge in [0.15, 0.2) is 0 Å². The predicted molar refractivity (Wildman–Crippen MR) is 84.5 cm³/mol. The molecule has 0 fully saturated rings. The van der Waals surface area contributed by atoms with E-state index in [4.69, 9.17) is 0 Å². The van der Waals surface area contributed by atoms with Crippen LogP contribution < -0.4 is 0 Å². The van der Waals surface area contributed by atoms with Crippen LogP contribution in [0.5, 0.6) is 0 Å². The van der Waals surface area contributed by atoms with Crippen LogP contribution in [0.2, 0.25) is 0 Å². The SMILES string of the molecule is CC(CPCC(C)CC(C)(C)C)CC(C)(C)C. The van der Waals surface area contributed by atoms with Crippen LogP contribution in [0.4, 0.5) is 0 Å². The van der Waals surface area contributed by atoms with Crippen molar-refractivity contribution in [3.05, 3.63) is 0 Å². The van der Waals surface area contributed by atoms with E-state index >= 15 is 0 Å². The van der Waals surface area contributed by atoms with Gasteiger partial charge in [0.05, 0.1) is 0 Å². The summed E-state index contributed by atoms with van der Waals surface area (Å²) in [6, 6.07) is 0. The van der Waals surface area contributed by atoms with Crippen molar-refractivity contribution in [2.75, 3.05) is 12.3 Å². The monoisotopic (exact) mass is 258 g/mol. The van der Waals surface area contributed by atoms with Crippen LogP contribution in [0.15, 0.2) is 0 Å². The molecule has 0 amide bonds. The highest BCUT2D eigenvalue weighted by atomic mass is 31.1. The van der Waals surface area contributed by atoms with E-state index in [0.29, 0.717) is 10.8 Å². The zero-order valence-corrected chi connectivity index (χ0v) is 14.5. The fraction of sp³-hybridized carbons (Fsp3) is 1.00. The molecule has 0 nitrogen and oxygen atoms in total. The molecule has 0 bridgehead atoms. The van der Waals surface area contributed by atoms with Crippen LogP contribution in [0, 0.1) is 22.7 Å². The second-order valence-corrected chi connectivity index (χ2v) is 9.71. The molecule has 2 unspecified atom stereocenters. The Morgan fingerprint density at radius 3 is 1.24 bits per heavy atom. The van der Waals surface area contributed by atoms with Gasteiger partial charge in [-0.1, -0.05) is 55.4 Å². The molecule has 0 saturated heterocycles. The van der Waals surface area contributed by atoms with Crippen molar-refractivity contribution in [2.24, 2.45) is 22.7 Å². The van der Waals surface area contributed by atoms with Gasteiger partial charge < -0.3 is 0 Å². The normalized spacial score (nSPS) is 17.6. The van der Waals surface area contributed by atoms with Crippen molar-refractivity contribution >= 4 is 8.58 Å². The first-order valence-corrected chi connectivity index (χ1v) is 8.62. The van der Waals surface area contributed by atoms with Gasteiger partial charge in [-0.3, -0.25) is 0 Å². The quantitative estimate of drug-likeness (QED) is 0.527. The molecule has 0 aliphatic heterocycles. The summed E-state index contributed by atoms with van der Waals surface area (Å²) in [6.07, 6.45) is 5.61. The maximum atomic E-state index is 2.42. The van der Waals surface area contributed by atoms with Gasteiger partial charge in [-0.05, 0) is 47.8 Å². The van der Waals surface area contributed by atoms with Gasteiger partial charge >= 0.3 is 0 Å². The summed E-state index contributed by atoms with van der Waals surface area (Å²) in [5.74, 6) is 1.80. The Morgan fingerprint density at radius 2 is 1.00 bits per heavy atom. The Kier molecular flexibility index (Phi) is 7.31. The maximum absolute atomic E-state index is 2.42. The third kappa shape index (κ3) is 12.7. The Morgan fingerprint density at radius 1 is 0.706 bits per heavy atom. The minimum Gasteiger partial charge on any atom is -0.122 e. The van der Waals surface area contributed by atoms with Gasteiger partial charge in [0.2, 0.25) is 0 Å².